The van der Waals surface area contributed by atoms with E-state index in [0.717, 1.165) is 89.9 Å². The first-order chi connectivity index (χ1) is 29.5. The molecule has 0 saturated heterocycles. The number of rotatable bonds is 42. The van der Waals surface area contributed by atoms with Crippen LogP contribution in [0.25, 0.3) is 0 Å². The van der Waals surface area contributed by atoms with Gasteiger partial charge in [0.1, 0.15) is 6.10 Å². The van der Waals surface area contributed by atoms with Crippen LogP contribution in [0.2, 0.25) is 0 Å². The predicted molar refractivity (Wildman–Crippen MR) is 259 cm³/mol. The fraction of sp³-hybridized carbons (Fsp3) is 0.667. The fourth-order valence-electron chi connectivity index (χ4n) is 6.85. The van der Waals surface area contributed by atoms with Crippen LogP contribution in [0.1, 0.15) is 207 Å². The Bertz CT molecular complexity index is 1210. The van der Waals surface area contributed by atoms with Crippen molar-refractivity contribution in [3.63, 3.8) is 0 Å². The highest BCUT2D eigenvalue weighted by atomic mass is 16.5. The van der Waals surface area contributed by atoms with Crippen molar-refractivity contribution in [3.05, 3.63) is 97.2 Å². The standard InChI is InChI=1S/C54H91NO5/c1-4-7-10-13-16-19-22-25-28-30-33-36-39-42-45-50(60-54(59)47-44-41-38-35-32-27-24-21-18-15-12-9-6-3)48-53(58)55-51(49-56)52(57)46-43-40-37-34-31-29-26-23-20-17-14-11-8-5-2/h7,9-10,12,15-16,18-19,21,24-25,27-28,32-33,36,50-52,56-57H,4-6,8,11,13-14,17,20,22-23,26,29-31,34-35,37-49H2,1-3H3,(H,55,58)/b10-7+,12-9+,18-15+,19-16+,24-21-,28-25+,32-27-,36-33+. The number of amides is 1. The summed E-state index contributed by atoms with van der Waals surface area (Å²) in [7, 11) is 0. The number of aliphatic hydroxyl groups excluding tert-OH is 2. The fourth-order valence-corrected chi connectivity index (χ4v) is 6.85. The molecule has 0 rings (SSSR count). The summed E-state index contributed by atoms with van der Waals surface area (Å²) in [6.45, 7) is 6.19. The first-order valence-electron chi connectivity index (χ1n) is 24.5. The number of nitrogens with one attached hydrogen (secondary N) is 1. The van der Waals surface area contributed by atoms with Crippen molar-refractivity contribution in [2.45, 2.75) is 225 Å². The van der Waals surface area contributed by atoms with E-state index in [0.29, 0.717) is 19.3 Å². The number of allylic oxidation sites excluding steroid dienone is 16. The van der Waals surface area contributed by atoms with Crippen molar-refractivity contribution in [1.82, 2.24) is 5.32 Å². The Kier molecular flexibility index (Phi) is 44.3. The van der Waals surface area contributed by atoms with Gasteiger partial charge < -0.3 is 20.3 Å². The lowest BCUT2D eigenvalue weighted by molar-refractivity contribution is -0.151. The van der Waals surface area contributed by atoms with E-state index in [1.807, 2.05) is 30.4 Å². The highest BCUT2D eigenvalue weighted by molar-refractivity contribution is 5.77. The van der Waals surface area contributed by atoms with Gasteiger partial charge in [0, 0.05) is 6.42 Å². The third kappa shape index (κ3) is 41.5. The second-order valence-electron chi connectivity index (χ2n) is 16.2. The van der Waals surface area contributed by atoms with Gasteiger partial charge in [-0.25, -0.2) is 0 Å². The average molecular weight is 834 g/mol. The monoisotopic (exact) mass is 834 g/mol. The molecular weight excluding hydrogens is 743 g/mol. The Morgan fingerprint density at radius 2 is 1.00 bits per heavy atom. The summed E-state index contributed by atoms with van der Waals surface area (Å²) >= 11 is 0. The summed E-state index contributed by atoms with van der Waals surface area (Å²) in [6, 6.07) is -0.732. The number of hydrogen-bond acceptors (Lipinski definition) is 5. The molecule has 342 valence electrons. The van der Waals surface area contributed by atoms with Crippen LogP contribution in [0.4, 0.5) is 0 Å². The molecule has 0 fully saturated rings. The van der Waals surface area contributed by atoms with E-state index >= 15 is 0 Å². The van der Waals surface area contributed by atoms with Gasteiger partial charge in [-0.15, -0.1) is 0 Å². The first kappa shape index (κ1) is 56.8. The summed E-state index contributed by atoms with van der Waals surface area (Å²) in [4.78, 5) is 26.1. The van der Waals surface area contributed by atoms with Gasteiger partial charge >= 0.3 is 5.97 Å². The normalized spacial score (nSPS) is 14.2. The third-order valence-electron chi connectivity index (χ3n) is 10.5. The van der Waals surface area contributed by atoms with E-state index in [4.69, 9.17) is 4.74 Å². The molecule has 0 radical (unpaired) electrons. The second kappa shape index (κ2) is 46.8. The smallest absolute Gasteiger partial charge is 0.306 e. The van der Waals surface area contributed by atoms with E-state index < -0.39 is 18.2 Å². The van der Waals surface area contributed by atoms with Gasteiger partial charge in [-0.3, -0.25) is 9.59 Å². The molecule has 0 aromatic rings. The second-order valence-corrected chi connectivity index (χ2v) is 16.2. The Morgan fingerprint density at radius 3 is 1.57 bits per heavy atom. The number of carbonyl (C=O) groups is 2. The molecule has 0 aliphatic rings. The van der Waals surface area contributed by atoms with E-state index in [2.05, 4.69) is 92.9 Å². The molecule has 0 aliphatic heterocycles. The third-order valence-corrected chi connectivity index (χ3v) is 10.5. The van der Waals surface area contributed by atoms with Crippen LogP contribution < -0.4 is 5.32 Å². The number of carbonyl (C=O) groups excluding carboxylic acids is 2. The summed E-state index contributed by atoms with van der Waals surface area (Å²) in [5.74, 6) is -0.584. The number of hydrogen-bond donors (Lipinski definition) is 3. The molecular formula is C54H91NO5. The number of ether oxygens (including phenoxy) is 1. The molecule has 0 heterocycles. The minimum Gasteiger partial charge on any atom is -0.462 e. The quantitative estimate of drug-likeness (QED) is 0.0246. The van der Waals surface area contributed by atoms with Gasteiger partial charge in [0.2, 0.25) is 5.91 Å². The molecule has 3 atom stereocenters. The van der Waals surface area contributed by atoms with E-state index in [1.54, 1.807) is 0 Å². The molecule has 6 nitrogen and oxygen atoms in total. The Hall–Kier alpha value is -3.22. The molecule has 1 amide bonds. The van der Waals surface area contributed by atoms with Crippen LogP contribution >= 0.6 is 0 Å². The molecule has 0 bridgehead atoms. The SMILES string of the molecule is CC/C=C/C=C/C=C\C=C/CCCCCC(=O)OC(CCC/C=C/C/C=C/C/C=C/C/C=C/CC)CC(=O)NC(CO)C(O)CCCCCCCCCCCCCCCC. The topological polar surface area (TPSA) is 95.9 Å². The van der Waals surface area contributed by atoms with Crippen LogP contribution in [0.15, 0.2) is 97.2 Å². The molecule has 0 aromatic carbocycles. The Labute approximate surface area is 369 Å². The summed E-state index contributed by atoms with van der Waals surface area (Å²) in [5, 5.41) is 23.7. The highest BCUT2D eigenvalue weighted by Gasteiger charge is 2.24. The molecule has 3 N–H and O–H groups in total. The maximum absolute atomic E-state index is 13.2. The lowest BCUT2D eigenvalue weighted by atomic mass is 10.0. The maximum atomic E-state index is 13.2. The predicted octanol–water partition coefficient (Wildman–Crippen LogP) is 14.6. The lowest BCUT2D eigenvalue weighted by Gasteiger charge is -2.24. The van der Waals surface area contributed by atoms with Gasteiger partial charge in [0.15, 0.2) is 0 Å². The minimum absolute atomic E-state index is 0.0183. The molecule has 0 saturated carbocycles. The zero-order valence-corrected chi connectivity index (χ0v) is 38.8. The summed E-state index contributed by atoms with van der Waals surface area (Å²) in [5.41, 5.74) is 0. The van der Waals surface area contributed by atoms with E-state index in [-0.39, 0.29) is 24.9 Å². The van der Waals surface area contributed by atoms with Crippen LogP contribution in [-0.4, -0.2) is 46.9 Å². The number of aliphatic hydroxyl groups is 2. The lowest BCUT2D eigenvalue weighted by Crippen LogP contribution is -2.46. The summed E-state index contributed by atoms with van der Waals surface area (Å²) in [6.07, 6.45) is 61.8. The largest absolute Gasteiger partial charge is 0.462 e. The van der Waals surface area contributed by atoms with E-state index in [1.165, 1.54) is 70.6 Å². The van der Waals surface area contributed by atoms with Crippen LogP contribution in [0.3, 0.4) is 0 Å². The van der Waals surface area contributed by atoms with Gasteiger partial charge in [0.05, 0.1) is 25.2 Å². The average Bonchev–Trinajstić information content (AvgIpc) is 3.24. The van der Waals surface area contributed by atoms with Crippen LogP contribution in [-0.2, 0) is 14.3 Å². The van der Waals surface area contributed by atoms with Crippen molar-refractivity contribution in [3.8, 4) is 0 Å². The molecule has 3 unspecified atom stereocenters. The molecule has 0 aliphatic carbocycles. The maximum Gasteiger partial charge on any atom is 0.306 e. The molecule has 6 heteroatoms. The number of unbranched alkanes of at least 4 members (excludes halogenated alkanes) is 17. The van der Waals surface area contributed by atoms with Gasteiger partial charge in [-0.1, -0.05) is 214 Å². The van der Waals surface area contributed by atoms with E-state index in [9.17, 15) is 19.8 Å². The Balaban J connectivity index is 4.74. The van der Waals surface area contributed by atoms with Crippen molar-refractivity contribution >= 4 is 11.9 Å². The van der Waals surface area contributed by atoms with Gasteiger partial charge in [-0.2, -0.15) is 0 Å². The van der Waals surface area contributed by atoms with Crippen molar-refractivity contribution in [1.29, 1.82) is 0 Å². The minimum atomic E-state index is -0.814. The molecule has 0 aromatic heterocycles. The van der Waals surface area contributed by atoms with Crippen molar-refractivity contribution in [2.75, 3.05) is 6.61 Å². The van der Waals surface area contributed by atoms with Crippen molar-refractivity contribution in [2.24, 2.45) is 0 Å². The van der Waals surface area contributed by atoms with Crippen molar-refractivity contribution < 1.29 is 24.5 Å². The zero-order valence-electron chi connectivity index (χ0n) is 38.8. The van der Waals surface area contributed by atoms with Gasteiger partial charge in [-0.05, 0) is 77.0 Å². The number of esters is 1. The van der Waals surface area contributed by atoms with Gasteiger partial charge in [0.25, 0.3) is 0 Å². The van der Waals surface area contributed by atoms with Crippen LogP contribution in [0.5, 0.6) is 0 Å². The molecule has 60 heavy (non-hydrogen) atoms. The Morgan fingerprint density at radius 1 is 0.517 bits per heavy atom. The first-order valence-corrected chi connectivity index (χ1v) is 24.5. The highest BCUT2D eigenvalue weighted by Crippen LogP contribution is 2.16. The van der Waals surface area contributed by atoms with Crippen LogP contribution in [0, 0.1) is 0 Å². The molecule has 0 spiro atoms. The summed E-state index contributed by atoms with van der Waals surface area (Å²) < 4.78 is 5.87. The zero-order chi connectivity index (χ0) is 43.8.